The van der Waals surface area contributed by atoms with Crippen molar-refractivity contribution in [3.63, 3.8) is 0 Å². The highest BCUT2D eigenvalue weighted by molar-refractivity contribution is 5.99. The molecule has 0 N–H and O–H groups in total. The first-order valence-electron chi connectivity index (χ1n) is 13.5. The summed E-state index contributed by atoms with van der Waals surface area (Å²) in [6.07, 6.45) is 0. The molecule has 4 aromatic carbocycles. The zero-order chi connectivity index (χ0) is 29.1. The van der Waals surface area contributed by atoms with Gasteiger partial charge in [0, 0.05) is 27.3 Å². The van der Waals surface area contributed by atoms with Crippen molar-refractivity contribution in [3.05, 3.63) is 141 Å². The highest BCUT2D eigenvalue weighted by Crippen LogP contribution is 2.41. The molecule has 4 aromatic rings. The molecular weight excluding hydrogens is 512 g/mol. The van der Waals surface area contributed by atoms with Crippen LogP contribution in [0.1, 0.15) is 53.4 Å². The molecule has 1 heterocycles. The number of fused-ring (bicyclic) bond motifs is 2. The SMILES string of the molecule is C=C(C)C(=O)OCCOC(=O)c1ccccc1C1=c2ccc(=C)cc2Oc2ccc(C(C)(C)c3ccccc3)cc21. The zero-order valence-corrected chi connectivity index (χ0v) is 23.5. The van der Waals surface area contributed by atoms with Gasteiger partial charge in [-0.15, -0.1) is 0 Å². The molecule has 1 aliphatic heterocycles. The molecule has 0 saturated heterocycles. The van der Waals surface area contributed by atoms with Gasteiger partial charge < -0.3 is 14.2 Å². The topological polar surface area (TPSA) is 61.8 Å². The van der Waals surface area contributed by atoms with Gasteiger partial charge in [0.1, 0.15) is 24.7 Å². The van der Waals surface area contributed by atoms with Gasteiger partial charge >= 0.3 is 11.9 Å². The summed E-state index contributed by atoms with van der Waals surface area (Å²) in [5, 5.41) is 1.68. The maximum absolute atomic E-state index is 13.3. The van der Waals surface area contributed by atoms with Crippen molar-refractivity contribution < 1.29 is 23.8 Å². The van der Waals surface area contributed by atoms with E-state index in [0.29, 0.717) is 22.6 Å². The fraction of sp³-hybridized carbons (Fsp3) is 0.167. The van der Waals surface area contributed by atoms with Gasteiger partial charge in [-0.3, -0.25) is 0 Å². The summed E-state index contributed by atoms with van der Waals surface area (Å²) in [7, 11) is 0. The number of esters is 2. The van der Waals surface area contributed by atoms with Crippen molar-refractivity contribution in [1.82, 2.24) is 0 Å². The van der Waals surface area contributed by atoms with E-state index in [4.69, 9.17) is 14.2 Å². The second kappa shape index (κ2) is 11.3. The summed E-state index contributed by atoms with van der Waals surface area (Å²) in [5.74, 6) is 0.334. The first kappa shape index (κ1) is 27.7. The molecule has 5 heteroatoms. The van der Waals surface area contributed by atoms with Crippen molar-refractivity contribution >= 4 is 24.1 Å². The lowest BCUT2D eigenvalue weighted by molar-refractivity contribution is -0.140. The fourth-order valence-corrected chi connectivity index (χ4v) is 4.98. The Morgan fingerprint density at radius 2 is 1.49 bits per heavy atom. The van der Waals surface area contributed by atoms with Crippen molar-refractivity contribution in [2.45, 2.75) is 26.2 Å². The lowest BCUT2D eigenvalue weighted by Gasteiger charge is -2.29. The lowest BCUT2D eigenvalue weighted by atomic mass is 9.76. The minimum atomic E-state index is -0.522. The third-order valence-corrected chi connectivity index (χ3v) is 7.32. The number of carbonyl (C=O) groups excluding carboxylic acids is 2. The van der Waals surface area contributed by atoms with Crippen LogP contribution in [-0.4, -0.2) is 25.2 Å². The van der Waals surface area contributed by atoms with Gasteiger partial charge in [-0.05, 0) is 53.1 Å². The van der Waals surface area contributed by atoms with E-state index < -0.39 is 11.9 Å². The van der Waals surface area contributed by atoms with E-state index in [2.05, 4.69) is 51.3 Å². The second-order valence-electron chi connectivity index (χ2n) is 10.6. The van der Waals surface area contributed by atoms with Gasteiger partial charge in [-0.25, -0.2) is 9.59 Å². The molecule has 0 aromatic heterocycles. The molecule has 0 amide bonds. The third-order valence-electron chi connectivity index (χ3n) is 7.32. The summed E-state index contributed by atoms with van der Waals surface area (Å²) in [5.41, 5.74) is 5.18. The predicted molar refractivity (Wildman–Crippen MR) is 160 cm³/mol. The molecule has 0 aliphatic carbocycles. The van der Waals surface area contributed by atoms with Crippen molar-refractivity contribution in [1.29, 1.82) is 0 Å². The van der Waals surface area contributed by atoms with Crippen molar-refractivity contribution in [2.24, 2.45) is 0 Å². The Balaban J connectivity index is 1.60. The number of benzene rings is 4. The summed E-state index contributed by atoms with van der Waals surface area (Å²) in [6.45, 7) is 13.5. The molecule has 0 radical (unpaired) electrons. The number of carbonyl (C=O) groups is 2. The summed E-state index contributed by atoms with van der Waals surface area (Å²) in [6, 6.07) is 29.8. The van der Waals surface area contributed by atoms with Gasteiger partial charge in [-0.2, -0.15) is 0 Å². The summed E-state index contributed by atoms with van der Waals surface area (Å²) < 4.78 is 17.0. The van der Waals surface area contributed by atoms with E-state index in [1.165, 1.54) is 5.56 Å². The van der Waals surface area contributed by atoms with Crippen LogP contribution in [0.15, 0.2) is 103 Å². The van der Waals surface area contributed by atoms with Crippen LogP contribution < -0.4 is 15.2 Å². The van der Waals surface area contributed by atoms with Gasteiger partial charge in [0.05, 0.1) is 5.56 Å². The van der Waals surface area contributed by atoms with Gasteiger partial charge in [0.15, 0.2) is 0 Å². The van der Waals surface area contributed by atoms with E-state index in [1.807, 2.05) is 54.6 Å². The van der Waals surface area contributed by atoms with E-state index in [1.54, 1.807) is 19.1 Å². The first-order chi connectivity index (χ1) is 19.7. The molecule has 0 saturated carbocycles. The van der Waals surface area contributed by atoms with Crippen LogP contribution in [0.25, 0.3) is 12.2 Å². The number of ether oxygens (including phenoxy) is 3. The Hall–Kier alpha value is -4.90. The van der Waals surface area contributed by atoms with Crippen molar-refractivity contribution in [2.75, 3.05) is 13.2 Å². The van der Waals surface area contributed by atoms with Crippen LogP contribution >= 0.6 is 0 Å². The Morgan fingerprint density at radius 3 is 2.24 bits per heavy atom. The Bertz CT molecular complexity index is 1770. The zero-order valence-electron chi connectivity index (χ0n) is 23.5. The van der Waals surface area contributed by atoms with Crippen molar-refractivity contribution in [3.8, 4) is 11.5 Å². The van der Waals surface area contributed by atoms with E-state index in [-0.39, 0.29) is 24.2 Å². The van der Waals surface area contributed by atoms with Crippen LogP contribution in [0.4, 0.5) is 0 Å². The van der Waals surface area contributed by atoms with Crippen LogP contribution in [0.5, 0.6) is 11.5 Å². The lowest BCUT2D eigenvalue weighted by Crippen LogP contribution is -2.23. The third kappa shape index (κ3) is 5.57. The van der Waals surface area contributed by atoms with Gasteiger partial charge in [0.2, 0.25) is 0 Å². The highest BCUT2D eigenvalue weighted by Gasteiger charge is 2.28. The molecule has 1 aliphatic rings. The Labute approximate surface area is 240 Å². The highest BCUT2D eigenvalue weighted by atomic mass is 16.6. The molecule has 0 fully saturated rings. The van der Waals surface area contributed by atoms with E-state index in [9.17, 15) is 9.59 Å². The number of hydrogen-bond donors (Lipinski definition) is 0. The Morgan fingerprint density at radius 1 is 0.780 bits per heavy atom. The number of rotatable bonds is 8. The minimum Gasteiger partial charge on any atom is -0.459 e. The quantitative estimate of drug-likeness (QED) is 0.135. The van der Waals surface area contributed by atoms with Crippen LogP contribution in [0, 0.1) is 0 Å². The van der Waals surface area contributed by atoms with E-state index in [0.717, 1.165) is 27.1 Å². The normalized spacial score (nSPS) is 12.0. The Kier molecular flexibility index (Phi) is 7.62. The molecule has 0 bridgehead atoms. The van der Waals surface area contributed by atoms with Gasteiger partial charge in [-0.1, -0.05) is 93.7 Å². The van der Waals surface area contributed by atoms with E-state index >= 15 is 0 Å². The molecule has 0 unspecified atom stereocenters. The molecule has 5 rings (SSSR count). The fourth-order valence-electron chi connectivity index (χ4n) is 4.98. The smallest absolute Gasteiger partial charge is 0.338 e. The molecule has 206 valence electrons. The summed E-state index contributed by atoms with van der Waals surface area (Å²) in [4.78, 5) is 25.0. The standard InChI is InChI=1S/C36H32O5/c1-23(2)34(37)39-19-20-40-35(38)28-14-10-9-13-27(28)33-29-17-15-24(3)21-32(29)41-31-18-16-26(22-30(31)33)36(4,5)25-11-7-6-8-12-25/h6-18,21-22H,1,3,19-20H2,2,4-5H3. The monoisotopic (exact) mass is 544 g/mol. The second-order valence-corrected chi connectivity index (χ2v) is 10.6. The average Bonchev–Trinajstić information content (AvgIpc) is 2.97. The van der Waals surface area contributed by atoms with Gasteiger partial charge in [0.25, 0.3) is 0 Å². The minimum absolute atomic E-state index is 0.0557. The average molecular weight is 545 g/mol. The largest absolute Gasteiger partial charge is 0.459 e. The first-order valence-corrected chi connectivity index (χ1v) is 13.5. The van der Waals surface area contributed by atoms with Crippen LogP contribution in [0.2, 0.25) is 0 Å². The summed E-state index contributed by atoms with van der Waals surface area (Å²) >= 11 is 0. The maximum atomic E-state index is 13.3. The molecular formula is C36H32O5. The molecule has 0 spiro atoms. The maximum Gasteiger partial charge on any atom is 0.338 e. The molecule has 5 nitrogen and oxygen atoms in total. The molecule has 0 atom stereocenters. The van der Waals surface area contributed by atoms with Crippen LogP contribution in [0.3, 0.4) is 0 Å². The molecule has 41 heavy (non-hydrogen) atoms. The predicted octanol–water partition coefficient (Wildman–Crippen LogP) is 6.05. The van der Waals surface area contributed by atoms with Crippen LogP contribution in [-0.2, 0) is 19.7 Å². The number of hydrogen-bond acceptors (Lipinski definition) is 5.